The average molecular weight is 309 g/mol. The first-order valence-electron chi connectivity index (χ1n) is 8.93. The van der Waals surface area contributed by atoms with Gasteiger partial charge in [0.25, 0.3) is 0 Å². The van der Waals surface area contributed by atoms with Gasteiger partial charge in [-0.2, -0.15) is 0 Å². The SMILES string of the molecule is CCCCNC(=O)C1(NC(=O)C2CCC(N)C2)CCCCC1. The molecule has 2 aliphatic carbocycles. The van der Waals surface area contributed by atoms with Crippen LogP contribution in [0.25, 0.3) is 0 Å². The molecule has 4 N–H and O–H groups in total. The van der Waals surface area contributed by atoms with Crippen molar-refractivity contribution in [1.29, 1.82) is 0 Å². The highest BCUT2D eigenvalue weighted by Crippen LogP contribution is 2.31. The maximum Gasteiger partial charge on any atom is 0.245 e. The van der Waals surface area contributed by atoms with E-state index in [2.05, 4.69) is 17.6 Å². The second kappa shape index (κ2) is 7.95. The minimum absolute atomic E-state index is 0.0105. The van der Waals surface area contributed by atoms with Gasteiger partial charge in [0.05, 0.1) is 0 Å². The van der Waals surface area contributed by atoms with Crippen LogP contribution in [0.4, 0.5) is 0 Å². The normalized spacial score (nSPS) is 27.4. The third kappa shape index (κ3) is 4.22. The highest BCUT2D eigenvalue weighted by molar-refractivity contribution is 5.92. The Bertz CT molecular complexity index is 391. The molecular formula is C17H31N3O2. The van der Waals surface area contributed by atoms with Gasteiger partial charge in [0.1, 0.15) is 5.54 Å². The Morgan fingerprint density at radius 1 is 1.18 bits per heavy atom. The summed E-state index contributed by atoms with van der Waals surface area (Å²) in [7, 11) is 0. The molecule has 2 unspecified atom stereocenters. The van der Waals surface area contributed by atoms with Crippen LogP contribution in [-0.2, 0) is 9.59 Å². The molecule has 2 saturated carbocycles. The van der Waals surface area contributed by atoms with Gasteiger partial charge in [-0.25, -0.2) is 0 Å². The van der Waals surface area contributed by atoms with Crippen molar-refractivity contribution in [2.45, 2.75) is 82.7 Å². The molecule has 0 aliphatic heterocycles. The molecule has 5 nitrogen and oxygen atoms in total. The monoisotopic (exact) mass is 309 g/mol. The van der Waals surface area contributed by atoms with E-state index in [1.165, 1.54) is 0 Å². The van der Waals surface area contributed by atoms with Crippen LogP contribution >= 0.6 is 0 Å². The summed E-state index contributed by atoms with van der Waals surface area (Å²) >= 11 is 0. The lowest BCUT2D eigenvalue weighted by atomic mass is 9.80. The lowest BCUT2D eigenvalue weighted by Crippen LogP contribution is -2.60. The first-order chi connectivity index (χ1) is 10.6. The standard InChI is InChI=1S/C17H31N3O2/c1-2-3-11-19-16(22)17(9-5-4-6-10-17)20-15(21)13-7-8-14(18)12-13/h13-14H,2-12,18H2,1H3,(H,19,22)(H,20,21). The van der Waals surface area contributed by atoms with Gasteiger partial charge < -0.3 is 16.4 Å². The Labute approximate surface area is 133 Å². The van der Waals surface area contributed by atoms with E-state index in [1.54, 1.807) is 0 Å². The Kier molecular flexibility index (Phi) is 6.24. The molecule has 2 rings (SSSR count). The second-order valence-corrected chi connectivity index (χ2v) is 7.01. The summed E-state index contributed by atoms with van der Waals surface area (Å²) < 4.78 is 0. The Balaban J connectivity index is 1.98. The van der Waals surface area contributed by atoms with E-state index < -0.39 is 5.54 Å². The smallest absolute Gasteiger partial charge is 0.245 e. The number of hydrogen-bond donors (Lipinski definition) is 3. The summed E-state index contributed by atoms with van der Waals surface area (Å²) in [6.45, 7) is 2.80. The molecule has 2 amide bonds. The highest BCUT2D eigenvalue weighted by atomic mass is 16.2. The fourth-order valence-corrected chi connectivity index (χ4v) is 3.70. The number of nitrogens with one attached hydrogen (secondary N) is 2. The van der Waals surface area contributed by atoms with Gasteiger partial charge in [0.2, 0.25) is 11.8 Å². The molecular weight excluding hydrogens is 278 g/mol. The molecule has 2 fully saturated rings. The van der Waals surface area contributed by atoms with Crippen molar-refractivity contribution in [3.05, 3.63) is 0 Å². The minimum Gasteiger partial charge on any atom is -0.354 e. The Hall–Kier alpha value is -1.10. The average Bonchev–Trinajstić information content (AvgIpc) is 2.95. The van der Waals surface area contributed by atoms with E-state index in [-0.39, 0.29) is 23.8 Å². The second-order valence-electron chi connectivity index (χ2n) is 7.01. The minimum atomic E-state index is -0.685. The van der Waals surface area contributed by atoms with E-state index in [0.717, 1.165) is 64.2 Å². The number of unbranched alkanes of at least 4 members (excludes halogenated alkanes) is 1. The van der Waals surface area contributed by atoms with Gasteiger partial charge in [0, 0.05) is 18.5 Å². The summed E-state index contributed by atoms with van der Waals surface area (Å²) in [5.41, 5.74) is 5.23. The number of carbonyl (C=O) groups excluding carboxylic acids is 2. The summed E-state index contributed by atoms with van der Waals surface area (Å²) in [6, 6.07) is 0.136. The first kappa shape index (κ1) is 17.3. The van der Waals surface area contributed by atoms with Crippen LogP contribution in [0.2, 0.25) is 0 Å². The van der Waals surface area contributed by atoms with Gasteiger partial charge in [-0.15, -0.1) is 0 Å². The molecule has 0 bridgehead atoms. The van der Waals surface area contributed by atoms with Gasteiger partial charge in [-0.05, 0) is 38.5 Å². The molecule has 0 aromatic carbocycles. The molecule has 22 heavy (non-hydrogen) atoms. The van der Waals surface area contributed by atoms with Crippen LogP contribution in [0.15, 0.2) is 0 Å². The molecule has 0 aromatic rings. The quantitative estimate of drug-likeness (QED) is 0.655. The largest absolute Gasteiger partial charge is 0.354 e. The summed E-state index contributed by atoms with van der Waals surface area (Å²) in [5.74, 6) is 0.0223. The zero-order valence-corrected chi connectivity index (χ0v) is 13.8. The molecule has 2 atom stereocenters. The van der Waals surface area contributed by atoms with E-state index in [0.29, 0.717) is 6.54 Å². The van der Waals surface area contributed by atoms with Crippen molar-refractivity contribution in [2.24, 2.45) is 11.7 Å². The van der Waals surface area contributed by atoms with Crippen LogP contribution in [-0.4, -0.2) is 29.9 Å². The summed E-state index contributed by atoms with van der Waals surface area (Å²) in [5, 5.41) is 6.14. The van der Waals surface area contributed by atoms with E-state index in [1.807, 2.05) is 0 Å². The van der Waals surface area contributed by atoms with Crippen molar-refractivity contribution in [3.63, 3.8) is 0 Å². The van der Waals surface area contributed by atoms with E-state index in [9.17, 15) is 9.59 Å². The molecule has 0 saturated heterocycles. The molecule has 2 aliphatic rings. The number of carbonyl (C=O) groups is 2. The predicted octanol–water partition coefficient (Wildman–Crippen LogP) is 1.85. The third-order valence-corrected chi connectivity index (χ3v) is 5.16. The van der Waals surface area contributed by atoms with E-state index >= 15 is 0 Å². The fourth-order valence-electron chi connectivity index (χ4n) is 3.70. The zero-order valence-electron chi connectivity index (χ0n) is 13.8. The number of hydrogen-bond acceptors (Lipinski definition) is 3. The lowest BCUT2D eigenvalue weighted by Gasteiger charge is -2.37. The van der Waals surface area contributed by atoms with Crippen LogP contribution < -0.4 is 16.4 Å². The van der Waals surface area contributed by atoms with Gasteiger partial charge in [0.15, 0.2) is 0 Å². The van der Waals surface area contributed by atoms with Crippen molar-refractivity contribution < 1.29 is 9.59 Å². The first-order valence-corrected chi connectivity index (χ1v) is 8.93. The molecule has 0 heterocycles. The highest BCUT2D eigenvalue weighted by Gasteiger charge is 2.42. The van der Waals surface area contributed by atoms with Crippen LogP contribution in [0.1, 0.15) is 71.1 Å². The third-order valence-electron chi connectivity index (χ3n) is 5.16. The van der Waals surface area contributed by atoms with Crippen LogP contribution in [0.5, 0.6) is 0 Å². The Morgan fingerprint density at radius 3 is 2.50 bits per heavy atom. The molecule has 5 heteroatoms. The summed E-state index contributed by atoms with van der Waals surface area (Å²) in [4.78, 5) is 25.2. The predicted molar refractivity (Wildman–Crippen MR) is 87.2 cm³/mol. The van der Waals surface area contributed by atoms with Gasteiger partial charge >= 0.3 is 0 Å². The van der Waals surface area contributed by atoms with Crippen molar-refractivity contribution in [3.8, 4) is 0 Å². The molecule has 0 aromatic heterocycles. The van der Waals surface area contributed by atoms with E-state index in [4.69, 9.17) is 5.73 Å². The molecule has 126 valence electrons. The topological polar surface area (TPSA) is 84.2 Å². The number of rotatable bonds is 6. The summed E-state index contributed by atoms with van der Waals surface area (Å²) in [6.07, 6.45) is 9.22. The lowest BCUT2D eigenvalue weighted by molar-refractivity contribution is -0.136. The van der Waals surface area contributed by atoms with Crippen LogP contribution in [0, 0.1) is 5.92 Å². The molecule has 0 radical (unpaired) electrons. The maximum absolute atomic E-state index is 12.7. The van der Waals surface area contributed by atoms with Crippen molar-refractivity contribution >= 4 is 11.8 Å². The number of nitrogens with two attached hydrogens (primary N) is 1. The van der Waals surface area contributed by atoms with Crippen LogP contribution in [0.3, 0.4) is 0 Å². The van der Waals surface area contributed by atoms with Crippen molar-refractivity contribution in [2.75, 3.05) is 6.54 Å². The Morgan fingerprint density at radius 2 is 1.91 bits per heavy atom. The fraction of sp³-hybridized carbons (Fsp3) is 0.882. The van der Waals surface area contributed by atoms with Gasteiger partial charge in [-0.1, -0.05) is 32.6 Å². The zero-order chi connectivity index (χ0) is 16.0. The van der Waals surface area contributed by atoms with Crippen molar-refractivity contribution in [1.82, 2.24) is 10.6 Å². The number of amides is 2. The van der Waals surface area contributed by atoms with Gasteiger partial charge in [-0.3, -0.25) is 9.59 Å². The molecule has 0 spiro atoms. The maximum atomic E-state index is 12.7.